The number of phenolic OH excluding ortho intramolecular Hbond substituents is 2. The Bertz CT molecular complexity index is 2660. The lowest BCUT2D eigenvalue weighted by molar-refractivity contribution is -0.143. The van der Waals surface area contributed by atoms with Crippen LogP contribution in [0.2, 0.25) is 0 Å². The van der Waals surface area contributed by atoms with Crippen molar-refractivity contribution < 1.29 is 73.2 Å². The molecule has 10 amide bonds. The average molecular weight is 1130 g/mol. The summed E-state index contributed by atoms with van der Waals surface area (Å²) < 4.78 is 0. The third kappa shape index (κ3) is 21.8. The van der Waals surface area contributed by atoms with E-state index in [4.69, 9.17) is 17.2 Å². The van der Waals surface area contributed by atoms with E-state index in [9.17, 15) is 73.2 Å². The van der Waals surface area contributed by atoms with Gasteiger partial charge in [0.25, 0.3) is 0 Å². The maximum Gasteiger partial charge on any atom is 0.326 e. The average Bonchev–Trinajstić information content (AvgIpc) is 3.42. The lowest BCUT2D eigenvalue weighted by atomic mass is 9.96. The Balaban J connectivity index is 2.00. The van der Waals surface area contributed by atoms with Crippen LogP contribution in [0.3, 0.4) is 0 Å². The molecule has 0 heterocycles. The summed E-state index contributed by atoms with van der Waals surface area (Å²) in [6.45, 7) is 8.78. The van der Waals surface area contributed by atoms with Crippen molar-refractivity contribution in [1.82, 2.24) is 42.5 Å². The van der Waals surface area contributed by atoms with Crippen molar-refractivity contribution in [3.05, 3.63) is 95.6 Å². The van der Waals surface area contributed by atoms with Gasteiger partial charge in [-0.05, 0) is 58.7 Å². The summed E-state index contributed by atoms with van der Waals surface area (Å²) >= 11 is 0. The first kappa shape index (κ1) is 66.6. The molecule has 11 atom stereocenters. The van der Waals surface area contributed by atoms with Gasteiger partial charge < -0.3 is 80.2 Å². The van der Waals surface area contributed by atoms with Gasteiger partial charge in [-0.15, -0.1) is 0 Å². The van der Waals surface area contributed by atoms with E-state index in [-0.39, 0.29) is 37.2 Å². The Morgan fingerprint density at radius 2 is 0.765 bits per heavy atom. The van der Waals surface area contributed by atoms with Crippen LogP contribution in [0, 0.1) is 17.8 Å². The summed E-state index contributed by atoms with van der Waals surface area (Å²) in [6.07, 6.45) is -1.56. The Morgan fingerprint density at radius 3 is 1.15 bits per heavy atom. The van der Waals surface area contributed by atoms with E-state index < -0.39 is 157 Å². The second-order valence-electron chi connectivity index (χ2n) is 20.2. The fourth-order valence-electron chi connectivity index (χ4n) is 8.15. The predicted molar refractivity (Wildman–Crippen MR) is 293 cm³/mol. The third-order valence-electron chi connectivity index (χ3n) is 13.4. The number of carboxylic acids is 1. The molecule has 3 aromatic rings. The molecule has 0 radical (unpaired) electrons. The summed E-state index contributed by atoms with van der Waals surface area (Å²) in [5, 5.41) is 60.2. The largest absolute Gasteiger partial charge is 0.508 e. The van der Waals surface area contributed by atoms with E-state index in [0.717, 1.165) is 0 Å². The number of hydrogen-bond donors (Lipinski definition) is 15. The van der Waals surface area contributed by atoms with E-state index in [2.05, 4.69) is 42.5 Å². The molecule has 0 bridgehead atoms. The summed E-state index contributed by atoms with van der Waals surface area (Å²) in [4.78, 5) is 148. The lowest BCUT2D eigenvalue weighted by Gasteiger charge is -2.30. The predicted octanol–water partition coefficient (Wildman–Crippen LogP) is -2.09. The highest BCUT2D eigenvalue weighted by atomic mass is 16.4. The number of carbonyl (C=O) groups is 11. The van der Waals surface area contributed by atoms with Gasteiger partial charge in [0.05, 0.1) is 25.5 Å². The first-order valence-electron chi connectivity index (χ1n) is 26.4. The van der Waals surface area contributed by atoms with Gasteiger partial charge in [-0.3, -0.25) is 47.9 Å². The number of nitrogens with two attached hydrogens (primary N) is 3. The number of primary amides is 2. The SMILES string of the molecule is CC[C@H](C)[C@H](NC(=O)[C@H](CO)NC(=O)[C@@H](NC(=O)[C@@H](N)CC(N)=O)[C@@H](C)CC)C(=O)N[C@@H](Cc1ccc(O)cc1)C(=O)N[C@@H](CC(N)=O)C(=O)N[C@@H](Cc1ccc(O)cc1)C(=O)N[C@@H](Cc1ccccc1)C(=O)N[C@H](C(=O)O)C(C)C. The highest BCUT2D eigenvalue weighted by Crippen LogP contribution is 2.17. The van der Waals surface area contributed by atoms with E-state index in [0.29, 0.717) is 23.1 Å². The number of nitrogens with one attached hydrogen (secondary N) is 8. The number of hydrogen-bond acceptors (Lipinski definition) is 15. The molecule has 0 saturated heterocycles. The number of carboxylic acid groups (broad SMARTS) is 1. The number of rotatable bonds is 33. The zero-order valence-corrected chi connectivity index (χ0v) is 46.1. The van der Waals surface area contributed by atoms with Crippen molar-refractivity contribution in [3.63, 3.8) is 0 Å². The molecule has 26 heteroatoms. The molecule has 0 unspecified atom stereocenters. The Morgan fingerprint density at radius 1 is 0.432 bits per heavy atom. The normalized spacial score (nSPS) is 15.2. The fourth-order valence-corrected chi connectivity index (χ4v) is 8.15. The van der Waals surface area contributed by atoms with Crippen LogP contribution in [0.25, 0.3) is 0 Å². The third-order valence-corrected chi connectivity index (χ3v) is 13.4. The molecule has 81 heavy (non-hydrogen) atoms. The highest BCUT2D eigenvalue weighted by molar-refractivity contribution is 5.99. The molecule has 0 aliphatic carbocycles. The second kappa shape index (κ2) is 32.4. The maximum absolute atomic E-state index is 14.5. The minimum absolute atomic E-state index is 0.128. The first-order chi connectivity index (χ1) is 38.2. The standard InChI is InChI=1S/C55H77N11O15/c1-7-29(5)45(65-47(72)36(56)25-42(57)70)54(79)63-41(27-67)52(77)66-46(30(6)8-2)53(78)62-38(24-33-16-20-35(69)21-17-33)49(74)61-40(26-43(58)71)50(75)59-37(23-32-14-18-34(68)19-15-32)48(73)60-39(22-31-12-10-9-11-13-31)51(76)64-44(28(3)4)55(80)81/h9-21,28-30,36-41,44-46,67-69H,7-8,22-27,56H2,1-6H3,(H2,57,70)(H2,58,71)(H,59,75)(H,60,73)(H,61,74)(H,62,78)(H,63,79)(H,64,76)(H,65,72)(H,66,77)(H,80,81)/t29-,30-,36-,37-,38-,39-,40-,41-,44-,45-,46-/m0/s1. The van der Waals surface area contributed by atoms with Crippen molar-refractivity contribution in [3.8, 4) is 11.5 Å². The van der Waals surface area contributed by atoms with Crippen LogP contribution < -0.4 is 59.7 Å². The Hall–Kier alpha value is -8.65. The van der Waals surface area contributed by atoms with Crippen LogP contribution in [0.1, 0.15) is 83.9 Å². The number of phenols is 2. The molecule has 3 aromatic carbocycles. The number of benzene rings is 3. The Kier molecular flexibility index (Phi) is 26.7. The molecular formula is C55H77N11O15. The van der Waals surface area contributed by atoms with Crippen molar-refractivity contribution in [2.75, 3.05) is 6.61 Å². The number of aliphatic carboxylic acids is 1. The molecule has 0 saturated carbocycles. The van der Waals surface area contributed by atoms with Gasteiger partial charge in [0.15, 0.2) is 0 Å². The van der Waals surface area contributed by atoms with E-state index in [1.54, 1.807) is 71.9 Å². The van der Waals surface area contributed by atoms with Crippen molar-refractivity contribution in [2.45, 2.75) is 141 Å². The number of aromatic hydroxyl groups is 2. The van der Waals surface area contributed by atoms with Gasteiger partial charge in [-0.1, -0.05) is 109 Å². The van der Waals surface area contributed by atoms with Crippen LogP contribution in [-0.4, -0.2) is 146 Å². The van der Waals surface area contributed by atoms with Crippen molar-refractivity contribution >= 4 is 65.0 Å². The quantitative estimate of drug-likeness (QED) is 0.0311. The van der Waals surface area contributed by atoms with E-state index in [1.807, 2.05) is 0 Å². The number of aliphatic hydroxyl groups excluding tert-OH is 1. The van der Waals surface area contributed by atoms with Crippen LogP contribution in [0.4, 0.5) is 0 Å². The zero-order valence-electron chi connectivity index (χ0n) is 46.1. The summed E-state index contributed by atoms with van der Waals surface area (Å²) in [7, 11) is 0. The Labute approximate surface area is 468 Å². The monoisotopic (exact) mass is 1130 g/mol. The second-order valence-corrected chi connectivity index (χ2v) is 20.2. The van der Waals surface area contributed by atoms with Gasteiger partial charge in [-0.2, -0.15) is 0 Å². The van der Waals surface area contributed by atoms with Gasteiger partial charge in [-0.25, -0.2) is 4.79 Å². The molecule has 3 rings (SSSR count). The molecule has 0 aromatic heterocycles. The minimum Gasteiger partial charge on any atom is -0.508 e. The van der Waals surface area contributed by atoms with Crippen LogP contribution >= 0.6 is 0 Å². The zero-order chi connectivity index (χ0) is 60.7. The molecular weight excluding hydrogens is 1050 g/mol. The van der Waals surface area contributed by atoms with Crippen LogP contribution in [-0.2, 0) is 72.0 Å². The molecule has 0 fully saturated rings. The highest BCUT2D eigenvalue weighted by Gasteiger charge is 2.37. The van der Waals surface area contributed by atoms with Gasteiger partial charge >= 0.3 is 5.97 Å². The topological polar surface area (TPSA) is 443 Å². The molecule has 26 nitrogen and oxygen atoms in total. The number of aliphatic hydroxyl groups is 1. The molecule has 0 aliphatic rings. The molecule has 0 aliphatic heterocycles. The number of amides is 10. The molecule has 442 valence electrons. The minimum atomic E-state index is -1.85. The van der Waals surface area contributed by atoms with E-state index >= 15 is 0 Å². The van der Waals surface area contributed by atoms with Crippen LogP contribution in [0.5, 0.6) is 11.5 Å². The number of carbonyl (C=O) groups excluding carboxylic acids is 10. The van der Waals surface area contributed by atoms with Crippen molar-refractivity contribution in [2.24, 2.45) is 35.0 Å². The lowest BCUT2D eigenvalue weighted by Crippen LogP contribution is -2.62. The summed E-state index contributed by atoms with van der Waals surface area (Å²) in [5.74, 6) is -13.2. The summed E-state index contributed by atoms with van der Waals surface area (Å²) in [5.41, 5.74) is 17.9. The maximum atomic E-state index is 14.5. The molecule has 0 spiro atoms. The van der Waals surface area contributed by atoms with Gasteiger partial charge in [0.1, 0.15) is 59.8 Å². The fraction of sp³-hybridized carbons (Fsp3) is 0.473. The van der Waals surface area contributed by atoms with Gasteiger partial charge in [0.2, 0.25) is 59.1 Å². The van der Waals surface area contributed by atoms with Crippen LogP contribution in [0.15, 0.2) is 78.9 Å². The van der Waals surface area contributed by atoms with Gasteiger partial charge in [0, 0.05) is 19.3 Å². The smallest absolute Gasteiger partial charge is 0.326 e. The molecule has 18 N–H and O–H groups in total. The summed E-state index contributed by atoms with van der Waals surface area (Å²) in [6, 6.07) is 5.73. The van der Waals surface area contributed by atoms with Crippen molar-refractivity contribution in [1.29, 1.82) is 0 Å². The van der Waals surface area contributed by atoms with E-state index in [1.165, 1.54) is 48.5 Å². The first-order valence-corrected chi connectivity index (χ1v) is 26.4.